The average molecular weight is 377 g/mol. The SMILES string of the molecule is C[C@H](OC(=O)c1ccc(-c2nnco2)cc1)C(=O)Nc1ccc2c(c1)CCC2. The number of esters is 1. The van der Waals surface area contributed by atoms with E-state index in [-0.39, 0.29) is 5.91 Å². The minimum atomic E-state index is -0.920. The summed E-state index contributed by atoms with van der Waals surface area (Å²) < 4.78 is 10.4. The van der Waals surface area contributed by atoms with Gasteiger partial charge in [0.05, 0.1) is 5.56 Å². The summed E-state index contributed by atoms with van der Waals surface area (Å²) in [7, 11) is 0. The zero-order valence-electron chi connectivity index (χ0n) is 15.3. The number of benzene rings is 2. The Morgan fingerprint density at radius 2 is 1.89 bits per heavy atom. The Morgan fingerprint density at radius 3 is 2.64 bits per heavy atom. The zero-order valence-corrected chi connectivity index (χ0v) is 15.3. The number of rotatable bonds is 5. The van der Waals surface area contributed by atoms with Crippen LogP contribution in [0.1, 0.15) is 34.8 Å². The van der Waals surface area contributed by atoms with Gasteiger partial charge in [0.25, 0.3) is 5.91 Å². The second-order valence-corrected chi connectivity index (χ2v) is 6.70. The summed E-state index contributed by atoms with van der Waals surface area (Å²) in [6.07, 6.45) is 3.58. The Hall–Kier alpha value is -3.48. The third kappa shape index (κ3) is 3.78. The van der Waals surface area contributed by atoms with Crippen molar-refractivity contribution in [2.24, 2.45) is 0 Å². The van der Waals surface area contributed by atoms with Gasteiger partial charge in [-0.25, -0.2) is 4.79 Å². The van der Waals surface area contributed by atoms with Crippen molar-refractivity contribution in [2.75, 3.05) is 5.32 Å². The van der Waals surface area contributed by atoms with Crippen molar-refractivity contribution in [2.45, 2.75) is 32.3 Å². The lowest BCUT2D eigenvalue weighted by Crippen LogP contribution is -2.30. The number of aryl methyl sites for hydroxylation is 2. The van der Waals surface area contributed by atoms with Gasteiger partial charge in [-0.1, -0.05) is 6.07 Å². The van der Waals surface area contributed by atoms with Gasteiger partial charge in [-0.15, -0.1) is 10.2 Å². The molecule has 1 aliphatic rings. The van der Waals surface area contributed by atoms with Crippen LogP contribution >= 0.6 is 0 Å². The third-order valence-electron chi connectivity index (χ3n) is 4.75. The van der Waals surface area contributed by atoms with Crippen molar-refractivity contribution < 1.29 is 18.7 Å². The first kappa shape index (κ1) is 17.9. The van der Waals surface area contributed by atoms with Gasteiger partial charge in [0.15, 0.2) is 6.10 Å². The molecule has 3 aromatic rings. The summed E-state index contributed by atoms with van der Waals surface area (Å²) in [4.78, 5) is 24.7. The Labute approximate surface area is 161 Å². The van der Waals surface area contributed by atoms with Gasteiger partial charge in [-0.05, 0) is 73.7 Å². The van der Waals surface area contributed by atoms with Gasteiger partial charge < -0.3 is 14.5 Å². The van der Waals surface area contributed by atoms with Crippen LogP contribution < -0.4 is 5.32 Å². The number of hydrogen-bond donors (Lipinski definition) is 1. The number of carbonyl (C=O) groups excluding carboxylic acids is 2. The normalized spacial score (nSPS) is 13.6. The molecule has 0 radical (unpaired) electrons. The molecule has 28 heavy (non-hydrogen) atoms. The van der Waals surface area contributed by atoms with E-state index in [0.717, 1.165) is 24.9 Å². The van der Waals surface area contributed by atoms with Crippen molar-refractivity contribution in [1.82, 2.24) is 10.2 Å². The molecule has 1 atom stereocenters. The number of nitrogens with zero attached hydrogens (tertiary/aromatic N) is 2. The first-order chi connectivity index (χ1) is 13.6. The molecule has 1 aromatic heterocycles. The van der Waals surface area contributed by atoms with Crippen LogP contribution in [-0.2, 0) is 22.4 Å². The molecule has 1 amide bonds. The Balaban J connectivity index is 1.36. The molecule has 4 rings (SSSR count). The first-order valence-corrected chi connectivity index (χ1v) is 9.10. The van der Waals surface area contributed by atoms with E-state index in [2.05, 4.69) is 15.5 Å². The Bertz CT molecular complexity index is 997. The van der Waals surface area contributed by atoms with Gasteiger partial charge in [0.1, 0.15) is 0 Å². The van der Waals surface area contributed by atoms with E-state index in [1.165, 1.54) is 17.5 Å². The molecule has 0 saturated carbocycles. The number of ether oxygens (including phenoxy) is 1. The zero-order chi connectivity index (χ0) is 19.5. The molecule has 0 fully saturated rings. The van der Waals surface area contributed by atoms with E-state index in [1.807, 2.05) is 18.2 Å². The molecular formula is C21H19N3O4. The van der Waals surface area contributed by atoms with Crippen molar-refractivity contribution in [3.8, 4) is 11.5 Å². The van der Waals surface area contributed by atoms with Gasteiger partial charge in [0.2, 0.25) is 12.3 Å². The lowest BCUT2D eigenvalue weighted by molar-refractivity contribution is -0.123. The van der Waals surface area contributed by atoms with Gasteiger partial charge in [-0.3, -0.25) is 4.79 Å². The highest BCUT2D eigenvalue weighted by atomic mass is 16.5. The second-order valence-electron chi connectivity index (χ2n) is 6.70. The van der Waals surface area contributed by atoms with E-state index >= 15 is 0 Å². The predicted octanol–water partition coefficient (Wildman–Crippen LogP) is 3.41. The maximum Gasteiger partial charge on any atom is 0.338 e. The fourth-order valence-electron chi connectivity index (χ4n) is 3.22. The fourth-order valence-corrected chi connectivity index (χ4v) is 3.22. The maximum absolute atomic E-state index is 12.4. The average Bonchev–Trinajstić information content (AvgIpc) is 3.39. The number of carbonyl (C=O) groups is 2. The summed E-state index contributed by atoms with van der Waals surface area (Å²) in [6.45, 7) is 1.55. The Kier molecular flexibility index (Phi) is 4.89. The molecule has 0 saturated heterocycles. The van der Waals surface area contributed by atoms with Crippen LogP contribution in [0.5, 0.6) is 0 Å². The van der Waals surface area contributed by atoms with Crippen LogP contribution in [0, 0.1) is 0 Å². The van der Waals surface area contributed by atoms with Crippen molar-refractivity contribution in [3.63, 3.8) is 0 Å². The van der Waals surface area contributed by atoms with Crippen LogP contribution in [0.4, 0.5) is 5.69 Å². The van der Waals surface area contributed by atoms with E-state index in [4.69, 9.17) is 9.15 Å². The van der Waals surface area contributed by atoms with Crippen molar-refractivity contribution >= 4 is 17.6 Å². The smallest absolute Gasteiger partial charge is 0.338 e. The molecule has 0 bridgehead atoms. The number of amides is 1. The number of nitrogens with one attached hydrogen (secondary N) is 1. The van der Waals surface area contributed by atoms with Crippen molar-refractivity contribution in [3.05, 3.63) is 65.5 Å². The van der Waals surface area contributed by atoms with E-state index in [0.29, 0.717) is 17.0 Å². The maximum atomic E-state index is 12.4. The molecule has 1 aliphatic carbocycles. The first-order valence-electron chi connectivity index (χ1n) is 9.10. The molecule has 142 valence electrons. The monoisotopic (exact) mass is 377 g/mol. The van der Waals surface area contributed by atoms with E-state index in [1.54, 1.807) is 31.2 Å². The summed E-state index contributed by atoms with van der Waals surface area (Å²) in [5.41, 5.74) is 4.35. The standard InChI is InChI=1S/C21H19N3O4/c1-13(19(25)23-18-10-9-14-3-2-4-17(14)11-18)28-21(26)16-7-5-15(6-8-16)20-24-22-12-27-20/h5-13H,2-4H2,1H3,(H,23,25)/t13-/m0/s1. The minimum Gasteiger partial charge on any atom is -0.449 e. The van der Waals surface area contributed by atoms with Crippen LogP contribution in [0.3, 0.4) is 0 Å². The number of aromatic nitrogens is 2. The van der Waals surface area contributed by atoms with Crippen molar-refractivity contribution in [1.29, 1.82) is 0 Å². The second kappa shape index (κ2) is 7.64. The molecule has 2 aromatic carbocycles. The molecule has 7 nitrogen and oxygen atoms in total. The fraction of sp³-hybridized carbons (Fsp3) is 0.238. The topological polar surface area (TPSA) is 94.3 Å². The number of fused-ring (bicyclic) bond motifs is 1. The van der Waals surface area contributed by atoms with Crippen LogP contribution in [0.25, 0.3) is 11.5 Å². The number of hydrogen-bond acceptors (Lipinski definition) is 6. The summed E-state index contributed by atoms with van der Waals surface area (Å²) in [5.74, 6) is -0.579. The quantitative estimate of drug-likeness (QED) is 0.685. The highest BCUT2D eigenvalue weighted by Crippen LogP contribution is 2.25. The highest BCUT2D eigenvalue weighted by molar-refractivity contribution is 5.97. The van der Waals surface area contributed by atoms with Crippen LogP contribution in [-0.4, -0.2) is 28.2 Å². The molecule has 1 N–H and O–H groups in total. The summed E-state index contributed by atoms with van der Waals surface area (Å²) in [5, 5.41) is 10.2. The minimum absolute atomic E-state index is 0.334. The predicted molar refractivity (Wildman–Crippen MR) is 102 cm³/mol. The lowest BCUT2D eigenvalue weighted by Gasteiger charge is -2.14. The molecule has 0 aliphatic heterocycles. The molecular weight excluding hydrogens is 358 g/mol. The Morgan fingerprint density at radius 1 is 1.11 bits per heavy atom. The van der Waals surface area contributed by atoms with E-state index < -0.39 is 12.1 Å². The van der Waals surface area contributed by atoms with Crippen LogP contribution in [0.15, 0.2) is 53.3 Å². The molecule has 0 spiro atoms. The van der Waals surface area contributed by atoms with Crippen LogP contribution in [0.2, 0.25) is 0 Å². The molecule has 7 heteroatoms. The van der Waals surface area contributed by atoms with Gasteiger partial charge in [-0.2, -0.15) is 0 Å². The van der Waals surface area contributed by atoms with Gasteiger partial charge >= 0.3 is 5.97 Å². The summed E-state index contributed by atoms with van der Waals surface area (Å²) in [6, 6.07) is 12.5. The molecule has 1 heterocycles. The van der Waals surface area contributed by atoms with E-state index in [9.17, 15) is 9.59 Å². The van der Waals surface area contributed by atoms with Gasteiger partial charge in [0, 0.05) is 11.3 Å². The largest absolute Gasteiger partial charge is 0.449 e. The number of anilines is 1. The highest BCUT2D eigenvalue weighted by Gasteiger charge is 2.20. The summed E-state index contributed by atoms with van der Waals surface area (Å²) >= 11 is 0. The molecule has 0 unspecified atom stereocenters. The lowest BCUT2D eigenvalue weighted by atomic mass is 10.1. The third-order valence-corrected chi connectivity index (χ3v) is 4.75.